The molecule has 0 saturated carbocycles. The number of hydrogen-bond donors (Lipinski definition) is 0. The van der Waals surface area contributed by atoms with Crippen LogP contribution in [-0.4, -0.2) is 14.8 Å². The molecule has 47 heavy (non-hydrogen) atoms. The van der Waals surface area contributed by atoms with Gasteiger partial charge in [-0.3, -0.25) is 0 Å². The van der Waals surface area contributed by atoms with Crippen molar-refractivity contribution < 1.29 is 4.42 Å². The lowest BCUT2D eigenvalue weighted by Crippen LogP contribution is -2.10. The summed E-state index contributed by atoms with van der Waals surface area (Å²) in [5.41, 5.74) is 9.81. The predicted octanol–water partition coefficient (Wildman–Crippen LogP) is 11.3. The molecular weight excluding hydrogens is 576 g/mol. The van der Waals surface area contributed by atoms with Crippen LogP contribution < -0.4 is 4.90 Å². The van der Waals surface area contributed by atoms with Crippen LogP contribution in [0.15, 0.2) is 156 Å². The maximum Gasteiger partial charge on any atom is 0.248 e. The van der Waals surface area contributed by atoms with Crippen LogP contribution in [-0.2, 0) is 5.41 Å². The van der Waals surface area contributed by atoms with Crippen molar-refractivity contribution in [1.29, 1.82) is 0 Å². The van der Waals surface area contributed by atoms with Crippen LogP contribution in [0.1, 0.15) is 26.3 Å². The molecule has 0 amide bonds. The van der Waals surface area contributed by atoms with Crippen molar-refractivity contribution in [2.24, 2.45) is 0 Å². The van der Waals surface area contributed by atoms with E-state index in [1.165, 1.54) is 27.4 Å². The summed E-state index contributed by atoms with van der Waals surface area (Å²) >= 11 is 0. The fourth-order valence-electron chi connectivity index (χ4n) is 6.30. The molecule has 5 heteroatoms. The first-order valence-corrected chi connectivity index (χ1v) is 15.9. The normalized spacial score (nSPS) is 11.7. The Bertz CT molecular complexity index is 2260. The molecule has 2 heterocycles. The molecule has 0 aliphatic heterocycles. The van der Waals surface area contributed by atoms with E-state index in [9.17, 15) is 0 Å². The zero-order chi connectivity index (χ0) is 32.0. The van der Waals surface area contributed by atoms with E-state index in [0.717, 1.165) is 33.9 Å². The number of benzene rings is 6. The van der Waals surface area contributed by atoms with E-state index in [0.29, 0.717) is 11.8 Å². The van der Waals surface area contributed by atoms with E-state index in [4.69, 9.17) is 4.42 Å². The van der Waals surface area contributed by atoms with Crippen LogP contribution in [0.5, 0.6) is 0 Å². The first-order valence-electron chi connectivity index (χ1n) is 15.9. The van der Waals surface area contributed by atoms with Crippen molar-refractivity contribution in [1.82, 2.24) is 14.8 Å². The van der Waals surface area contributed by atoms with Gasteiger partial charge in [-0.25, -0.2) is 0 Å². The minimum Gasteiger partial charge on any atom is -0.416 e. The maximum atomic E-state index is 6.12. The number of rotatable bonds is 6. The van der Waals surface area contributed by atoms with Crippen molar-refractivity contribution in [3.63, 3.8) is 0 Å². The summed E-state index contributed by atoms with van der Waals surface area (Å²) in [6.45, 7) is 6.62. The van der Waals surface area contributed by atoms with Gasteiger partial charge < -0.3 is 13.9 Å². The van der Waals surface area contributed by atoms with Gasteiger partial charge in [0.25, 0.3) is 0 Å². The van der Waals surface area contributed by atoms with E-state index in [-0.39, 0.29) is 5.41 Å². The fourth-order valence-corrected chi connectivity index (χ4v) is 6.30. The van der Waals surface area contributed by atoms with Crippen molar-refractivity contribution in [2.45, 2.75) is 26.2 Å². The molecule has 0 aliphatic rings. The molecule has 0 aliphatic carbocycles. The molecule has 8 aromatic rings. The molecule has 0 atom stereocenters. The van der Waals surface area contributed by atoms with E-state index in [1.54, 1.807) is 0 Å². The van der Waals surface area contributed by atoms with Crippen molar-refractivity contribution in [2.75, 3.05) is 4.90 Å². The molecule has 5 nitrogen and oxygen atoms in total. The molecule has 8 rings (SSSR count). The second-order valence-corrected chi connectivity index (χ2v) is 12.8. The second kappa shape index (κ2) is 11.5. The lowest BCUT2D eigenvalue weighted by atomic mass is 9.87. The summed E-state index contributed by atoms with van der Waals surface area (Å²) in [7, 11) is 0. The Balaban J connectivity index is 1.12. The highest BCUT2D eigenvalue weighted by atomic mass is 16.4. The lowest BCUT2D eigenvalue weighted by molar-refractivity contribution is 0.582. The average Bonchev–Trinajstić information content (AvgIpc) is 3.73. The van der Waals surface area contributed by atoms with Gasteiger partial charge in [0.15, 0.2) is 0 Å². The number of nitrogens with zero attached hydrogens (tertiary/aromatic N) is 4. The van der Waals surface area contributed by atoms with E-state index >= 15 is 0 Å². The zero-order valence-electron chi connectivity index (χ0n) is 26.6. The Morgan fingerprint density at radius 1 is 0.489 bits per heavy atom. The quantitative estimate of drug-likeness (QED) is 0.188. The predicted molar refractivity (Wildman–Crippen MR) is 193 cm³/mol. The zero-order valence-corrected chi connectivity index (χ0v) is 26.6. The molecule has 0 radical (unpaired) electrons. The largest absolute Gasteiger partial charge is 0.416 e. The average molecular weight is 611 g/mol. The number of para-hydroxylation sites is 3. The standard InChI is InChI=1S/C42H34N4O/c1-42(2,3)31-21-17-29(18-22-31)40-43-44-41(47-40)30-19-23-33(24-20-30)45(32-11-5-4-6-12-32)34-25-27-35(28-26-34)46-38-15-9-7-13-36(38)37-14-8-10-16-39(37)46/h4-28H,1-3H3. The van der Waals surface area contributed by atoms with E-state index < -0.39 is 0 Å². The van der Waals surface area contributed by atoms with Gasteiger partial charge in [0, 0.05) is 44.6 Å². The molecule has 0 bridgehead atoms. The first-order chi connectivity index (χ1) is 22.9. The number of hydrogen-bond acceptors (Lipinski definition) is 4. The van der Waals surface area contributed by atoms with Crippen LogP contribution >= 0.6 is 0 Å². The summed E-state index contributed by atoms with van der Waals surface area (Å²) in [6.07, 6.45) is 0. The molecule has 2 aromatic heterocycles. The van der Waals surface area contributed by atoms with Gasteiger partial charge in [0.2, 0.25) is 11.8 Å². The minimum absolute atomic E-state index is 0.0856. The van der Waals surface area contributed by atoms with Crippen LogP contribution in [0, 0.1) is 0 Å². The van der Waals surface area contributed by atoms with Crippen LogP contribution in [0.3, 0.4) is 0 Å². The maximum absolute atomic E-state index is 6.12. The molecule has 6 aromatic carbocycles. The van der Waals surface area contributed by atoms with Gasteiger partial charge in [-0.05, 0) is 95.9 Å². The third-order valence-electron chi connectivity index (χ3n) is 8.76. The van der Waals surface area contributed by atoms with Crippen LogP contribution in [0.4, 0.5) is 17.1 Å². The van der Waals surface area contributed by atoms with Gasteiger partial charge in [0.1, 0.15) is 0 Å². The fraction of sp³-hybridized carbons (Fsp3) is 0.0952. The van der Waals surface area contributed by atoms with Crippen molar-refractivity contribution in [3.8, 4) is 28.6 Å². The molecule has 0 saturated heterocycles. The number of aromatic nitrogens is 3. The Kier molecular flexibility index (Phi) is 6.95. The van der Waals surface area contributed by atoms with Gasteiger partial charge in [0.05, 0.1) is 11.0 Å². The number of anilines is 3. The summed E-state index contributed by atoms with van der Waals surface area (Å²) in [6, 6.07) is 53.0. The minimum atomic E-state index is 0.0856. The van der Waals surface area contributed by atoms with Gasteiger partial charge in [-0.15, -0.1) is 10.2 Å². The highest BCUT2D eigenvalue weighted by Crippen LogP contribution is 2.38. The number of fused-ring (bicyclic) bond motifs is 3. The van der Waals surface area contributed by atoms with Crippen LogP contribution in [0.2, 0.25) is 0 Å². The smallest absolute Gasteiger partial charge is 0.248 e. The summed E-state index contributed by atoms with van der Waals surface area (Å²) < 4.78 is 8.46. The molecule has 0 spiro atoms. The second-order valence-electron chi connectivity index (χ2n) is 12.8. The first kappa shape index (κ1) is 28.5. The highest BCUT2D eigenvalue weighted by Gasteiger charge is 2.18. The van der Waals surface area contributed by atoms with E-state index in [2.05, 4.69) is 162 Å². The van der Waals surface area contributed by atoms with Gasteiger partial charge >= 0.3 is 0 Å². The lowest BCUT2D eigenvalue weighted by Gasteiger charge is -2.26. The van der Waals surface area contributed by atoms with Gasteiger partial charge in [-0.2, -0.15) is 0 Å². The molecule has 0 N–H and O–H groups in total. The Labute approximate surface area is 274 Å². The Hall–Kier alpha value is -5.94. The monoisotopic (exact) mass is 610 g/mol. The molecule has 0 unspecified atom stereocenters. The summed E-state index contributed by atoms with van der Waals surface area (Å²) in [5, 5.41) is 11.2. The summed E-state index contributed by atoms with van der Waals surface area (Å²) in [4.78, 5) is 2.26. The third-order valence-corrected chi connectivity index (χ3v) is 8.76. The van der Waals surface area contributed by atoms with Crippen molar-refractivity contribution >= 4 is 38.9 Å². The molecular formula is C42H34N4O. The Morgan fingerprint density at radius 3 is 1.47 bits per heavy atom. The van der Waals surface area contributed by atoms with Gasteiger partial charge in [-0.1, -0.05) is 87.5 Å². The van der Waals surface area contributed by atoms with Crippen molar-refractivity contribution in [3.05, 3.63) is 157 Å². The Morgan fingerprint density at radius 2 is 0.936 bits per heavy atom. The van der Waals surface area contributed by atoms with E-state index in [1.807, 2.05) is 30.3 Å². The molecule has 0 fully saturated rings. The molecule has 228 valence electrons. The SMILES string of the molecule is CC(C)(C)c1ccc(-c2nnc(-c3ccc(N(c4ccccc4)c4ccc(-n5c6ccccc6c6ccccc65)cc4)cc3)o2)cc1. The topological polar surface area (TPSA) is 47.1 Å². The highest BCUT2D eigenvalue weighted by molar-refractivity contribution is 6.09. The van der Waals surface area contributed by atoms with Crippen LogP contribution in [0.25, 0.3) is 50.4 Å². The summed E-state index contributed by atoms with van der Waals surface area (Å²) in [5.74, 6) is 1.01. The third kappa shape index (κ3) is 5.26.